The minimum atomic E-state index is -1.01. The van der Waals surface area contributed by atoms with Crippen LogP contribution in [-0.2, 0) is 16.1 Å². The lowest BCUT2D eigenvalue weighted by Crippen LogP contribution is -2.56. The van der Waals surface area contributed by atoms with E-state index in [0.29, 0.717) is 0 Å². The van der Waals surface area contributed by atoms with Crippen molar-refractivity contribution < 1.29 is 19.6 Å². The van der Waals surface area contributed by atoms with E-state index in [1.807, 2.05) is 0 Å². The predicted octanol–water partition coefficient (Wildman–Crippen LogP) is -0.0202. The third-order valence-corrected chi connectivity index (χ3v) is 3.10. The molecule has 0 aromatic heterocycles. The summed E-state index contributed by atoms with van der Waals surface area (Å²) in [7, 11) is 0. The summed E-state index contributed by atoms with van der Waals surface area (Å²) in [6, 6.07) is 5.04. The molecule has 1 saturated heterocycles. The number of carbonyl (C=O) groups is 2. The van der Waals surface area contributed by atoms with Gasteiger partial charge in [0.1, 0.15) is 6.04 Å². The van der Waals surface area contributed by atoms with Crippen LogP contribution in [0.3, 0.4) is 0 Å². The number of piperazine rings is 1. The number of nitrogens with zero attached hydrogens (tertiary/aromatic N) is 2. The molecule has 0 radical (unpaired) electrons. The van der Waals surface area contributed by atoms with Crippen molar-refractivity contribution in [3.63, 3.8) is 0 Å². The van der Waals surface area contributed by atoms with E-state index in [9.17, 15) is 19.7 Å². The lowest BCUT2D eigenvalue weighted by atomic mass is 10.1. The van der Waals surface area contributed by atoms with Crippen LogP contribution in [0.4, 0.5) is 5.69 Å². The highest BCUT2D eigenvalue weighted by Crippen LogP contribution is 2.15. The first-order valence-corrected chi connectivity index (χ1v) is 5.94. The standard InChI is InChI=1S/C12H13N3O5/c16-11-7-14(10(5-13-11)12(17)18)6-8-1-3-9(4-2-8)15(19)20/h1-4,10H,5-7H2,(H,13,16)(H,17,18). The molecule has 1 aromatic carbocycles. The zero-order chi connectivity index (χ0) is 14.7. The number of hydrogen-bond acceptors (Lipinski definition) is 5. The Labute approximate surface area is 114 Å². The van der Waals surface area contributed by atoms with Crippen molar-refractivity contribution in [3.05, 3.63) is 39.9 Å². The van der Waals surface area contributed by atoms with Crippen molar-refractivity contribution >= 4 is 17.6 Å². The van der Waals surface area contributed by atoms with Gasteiger partial charge in [0.2, 0.25) is 5.91 Å². The van der Waals surface area contributed by atoms with Crippen LogP contribution in [-0.4, -0.2) is 45.9 Å². The van der Waals surface area contributed by atoms with Crippen LogP contribution in [0.15, 0.2) is 24.3 Å². The largest absolute Gasteiger partial charge is 0.480 e. The van der Waals surface area contributed by atoms with E-state index in [0.717, 1.165) is 5.56 Å². The maximum atomic E-state index is 11.3. The average molecular weight is 279 g/mol. The van der Waals surface area contributed by atoms with Crippen LogP contribution in [0.1, 0.15) is 5.56 Å². The number of nitro benzene ring substituents is 1. The van der Waals surface area contributed by atoms with E-state index in [-0.39, 0.29) is 31.2 Å². The van der Waals surface area contributed by atoms with Crippen LogP contribution in [0.5, 0.6) is 0 Å². The van der Waals surface area contributed by atoms with Gasteiger partial charge in [0, 0.05) is 25.2 Å². The van der Waals surface area contributed by atoms with Gasteiger partial charge in [0.25, 0.3) is 5.69 Å². The zero-order valence-corrected chi connectivity index (χ0v) is 10.5. The fourth-order valence-electron chi connectivity index (χ4n) is 2.06. The number of rotatable bonds is 4. The summed E-state index contributed by atoms with van der Waals surface area (Å²) >= 11 is 0. The Bertz CT molecular complexity index is 543. The first-order chi connectivity index (χ1) is 9.47. The molecule has 20 heavy (non-hydrogen) atoms. The van der Waals surface area contributed by atoms with Crippen molar-refractivity contribution in [2.75, 3.05) is 13.1 Å². The minimum Gasteiger partial charge on any atom is -0.480 e. The Morgan fingerprint density at radius 1 is 1.45 bits per heavy atom. The third-order valence-electron chi connectivity index (χ3n) is 3.10. The first kappa shape index (κ1) is 13.9. The van der Waals surface area contributed by atoms with E-state index in [2.05, 4.69) is 5.32 Å². The summed E-state index contributed by atoms with van der Waals surface area (Å²) in [5.41, 5.74) is 0.691. The normalized spacial score (nSPS) is 19.4. The molecule has 1 aliphatic rings. The molecule has 0 aliphatic carbocycles. The summed E-state index contributed by atoms with van der Waals surface area (Å²) < 4.78 is 0. The lowest BCUT2D eigenvalue weighted by Gasteiger charge is -2.32. The van der Waals surface area contributed by atoms with Gasteiger partial charge < -0.3 is 10.4 Å². The van der Waals surface area contributed by atoms with Gasteiger partial charge >= 0.3 is 5.97 Å². The molecule has 1 aliphatic heterocycles. The van der Waals surface area contributed by atoms with Crippen molar-refractivity contribution in [1.82, 2.24) is 10.2 Å². The SMILES string of the molecule is O=C1CN(Cc2ccc([N+](=O)[O-])cc2)C(C(=O)O)CN1. The summed E-state index contributed by atoms with van der Waals surface area (Å²) in [4.78, 5) is 34.0. The molecule has 2 rings (SSSR count). The van der Waals surface area contributed by atoms with E-state index < -0.39 is 16.9 Å². The number of carbonyl (C=O) groups excluding carboxylic acids is 1. The van der Waals surface area contributed by atoms with E-state index in [4.69, 9.17) is 5.11 Å². The highest BCUT2D eigenvalue weighted by molar-refractivity contribution is 5.83. The minimum absolute atomic E-state index is 0.00600. The molecule has 0 spiro atoms. The molecule has 1 aromatic rings. The van der Waals surface area contributed by atoms with E-state index in [1.54, 1.807) is 12.1 Å². The molecule has 2 N–H and O–H groups in total. The number of aliphatic carboxylic acids is 1. The highest BCUT2D eigenvalue weighted by atomic mass is 16.6. The molecular formula is C12H13N3O5. The van der Waals surface area contributed by atoms with Gasteiger partial charge in [-0.05, 0) is 5.56 Å². The van der Waals surface area contributed by atoms with Crippen molar-refractivity contribution in [2.45, 2.75) is 12.6 Å². The molecule has 1 heterocycles. The van der Waals surface area contributed by atoms with Gasteiger partial charge in [-0.1, -0.05) is 12.1 Å². The Balaban J connectivity index is 2.11. The quantitative estimate of drug-likeness (QED) is 0.591. The first-order valence-electron chi connectivity index (χ1n) is 5.94. The molecule has 1 fully saturated rings. The Hall–Kier alpha value is -2.48. The average Bonchev–Trinajstić information content (AvgIpc) is 2.39. The molecule has 8 heteroatoms. The second-order valence-corrected chi connectivity index (χ2v) is 4.49. The van der Waals surface area contributed by atoms with Crippen LogP contribution in [0.2, 0.25) is 0 Å². The molecule has 0 bridgehead atoms. The van der Waals surface area contributed by atoms with Gasteiger partial charge in [-0.3, -0.25) is 24.6 Å². The van der Waals surface area contributed by atoms with E-state index in [1.165, 1.54) is 17.0 Å². The smallest absolute Gasteiger partial charge is 0.322 e. The lowest BCUT2D eigenvalue weighted by molar-refractivity contribution is -0.384. The maximum absolute atomic E-state index is 11.3. The molecule has 1 unspecified atom stereocenters. The number of nitro groups is 1. The van der Waals surface area contributed by atoms with Gasteiger partial charge in [0.15, 0.2) is 0 Å². The van der Waals surface area contributed by atoms with Crippen molar-refractivity contribution in [2.24, 2.45) is 0 Å². The Morgan fingerprint density at radius 2 is 2.10 bits per heavy atom. The zero-order valence-electron chi connectivity index (χ0n) is 10.5. The fraction of sp³-hybridized carbons (Fsp3) is 0.333. The second-order valence-electron chi connectivity index (χ2n) is 4.49. The number of hydrogen-bond donors (Lipinski definition) is 2. The summed E-state index contributed by atoms with van der Waals surface area (Å²) in [5, 5.41) is 22.2. The summed E-state index contributed by atoms with van der Waals surface area (Å²) in [5.74, 6) is -1.24. The molecule has 1 atom stereocenters. The highest BCUT2D eigenvalue weighted by Gasteiger charge is 2.31. The van der Waals surface area contributed by atoms with Gasteiger partial charge in [-0.2, -0.15) is 0 Å². The molecule has 8 nitrogen and oxygen atoms in total. The van der Waals surface area contributed by atoms with Crippen LogP contribution in [0, 0.1) is 10.1 Å². The molecule has 0 saturated carbocycles. The van der Waals surface area contributed by atoms with Crippen molar-refractivity contribution in [1.29, 1.82) is 0 Å². The van der Waals surface area contributed by atoms with Gasteiger partial charge in [-0.15, -0.1) is 0 Å². The maximum Gasteiger partial charge on any atom is 0.322 e. The summed E-state index contributed by atoms with van der Waals surface area (Å²) in [6.45, 7) is 0.303. The van der Waals surface area contributed by atoms with Crippen LogP contribution >= 0.6 is 0 Å². The molecule has 106 valence electrons. The summed E-state index contributed by atoms with van der Waals surface area (Å²) in [6.07, 6.45) is 0. The second kappa shape index (κ2) is 5.66. The Morgan fingerprint density at radius 3 is 2.65 bits per heavy atom. The Kier molecular flexibility index (Phi) is 3.94. The number of amides is 1. The number of non-ortho nitro benzene ring substituents is 1. The molecule has 1 amide bonds. The van der Waals surface area contributed by atoms with Crippen molar-refractivity contribution in [3.8, 4) is 0 Å². The number of benzene rings is 1. The van der Waals surface area contributed by atoms with Crippen LogP contribution in [0.25, 0.3) is 0 Å². The number of carboxylic acid groups (broad SMARTS) is 1. The van der Waals surface area contributed by atoms with Crippen LogP contribution < -0.4 is 5.32 Å². The fourth-order valence-corrected chi connectivity index (χ4v) is 2.06. The predicted molar refractivity (Wildman–Crippen MR) is 67.9 cm³/mol. The van der Waals surface area contributed by atoms with Gasteiger partial charge in [-0.25, -0.2) is 0 Å². The third kappa shape index (κ3) is 3.09. The monoisotopic (exact) mass is 279 g/mol. The number of carboxylic acids is 1. The molecular weight excluding hydrogens is 266 g/mol. The number of nitrogens with one attached hydrogen (secondary N) is 1. The van der Waals surface area contributed by atoms with Gasteiger partial charge in [0.05, 0.1) is 11.5 Å². The topological polar surface area (TPSA) is 113 Å². The van der Waals surface area contributed by atoms with E-state index >= 15 is 0 Å².